The third-order valence-corrected chi connectivity index (χ3v) is 3.61. The minimum atomic E-state index is -0.150. The Morgan fingerprint density at radius 2 is 1.74 bits per heavy atom. The Bertz CT molecular complexity index is 696. The number of rotatable bonds is 1. The molecule has 0 atom stereocenters. The van der Waals surface area contributed by atoms with Crippen LogP contribution in [0.15, 0.2) is 41.3 Å². The lowest BCUT2D eigenvalue weighted by atomic mass is 9.94. The van der Waals surface area contributed by atoms with Crippen LogP contribution in [0.25, 0.3) is 5.69 Å². The van der Waals surface area contributed by atoms with E-state index in [0.717, 1.165) is 24.2 Å². The molecule has 2 aromatic rings. The van der Waals surface area contributed by atoms with Gasteiger partial charge < -0.3 is 4.57 Å². The highest BCUT2D eigenvalue weighted by Crippen LogP contribution is 2.21. The molecule has 0 fully saturated rings. The fourth-order valence-corrected chi connectivity index (χ4v) is 2.61. The maximum absolute atomic E-state index is 11.9. The second-order valence-electron chi connectivity index (χ2n) is 4.98. The van der Waals surface area contributed by atoms with Crippen molar-refractivity contribution in [1.82, 2.24) is 4.57 Å². The van der Waals surface area contributed by atoms with Crippen molar-refractivity contribution in [2.45, 2.75) is 26.2 Å². The van der Waals surface area contributed by atoms with Gasteiger partial charge in [0.25, 0.3) is 0 Å². The molecular weight excluding hydrogens is 238 g/mol. The Morgan fingerprint density at radius 3 is 2.47 bits per heavy atom. The molecule has 0 radical (unpaired) electrons. The molecule has 0 amide bonds. The number of ketones is 1. The summed E-state index contributed by atoms with van der Waals surface area (Å²) in [6.07, 6.45) is 3.86. The number of carbonyl (C=O) groups excluding carboxylic acids is 1. The van der Waals surface area contributed by atoms with E-state index in [2.05, 4.69) is 0 Å². The van der Waals surface area contributed by atoms with Crippen LogP contribution in [0.3, 0.4) is 0 Å². The van der Waals surface area contributed by atoms with E-state index in [9.17, 15) is 9.59 Å². The van der Waals surface area contributed by atoms with Crippen molar-refractivity contribution in [3.05, 3.63) is 63.6 Å². The summed E-state index contributed by atoms with van der Waals surface area (Å²) in [6, 6.07) is 9.58. The molecule has 96 valence electrons. The van der Waals surface area contributed by atoms with Gasteiger partial charge in [0.1, 0.15) is 0 Å². The summed E-state index contributed by atoms with van der Waals surface area (Å²) < 4.78 is 1.97. The summed E-state index contributed by atoms with van der Waals surface area (Å²) in [6.45, 7) is 2.04. The van der Waals surface area contributed by atoms with Crippen LogP contribution >= 0.6 is 0 Å². The van der Waals surface area contributed by atoms with Crippen molar-refractivity contribution in [2.75, 3.05) is 0 Å². The second kappa shape index (κ2) is 4.50. The monoisotopic (exact) mass is 253 g/mol. The lowest BCUT2D eigenvalue weighted by Gasteiger charge is -2.20. The lowest BCUT2D eigenvalue weighted by Crippen LogP contribution is -2.25. The first kappa shape index (κ1) is 11.9. The smallest absolute Gasteiger partial charge is 0.192 e. The van der Waals surface area contributed by atoms with Gasteiger partial charge in [-0.1, -0.05) is 17.7 Å². The molecule has 1 heterocycles. The maximum Gasteiger partial charge on any atom is 0.192 e. The lowest BCUT2D eigenvalue weighted by molar-refractivity contribution is 0.0970. The normalized spacial score (nSPS) is 14.3. The van der Waals surface area contributed by atoms with Gasteiger partial charge >= 0.3 is 0 Å². The highest BCUT2D eigenvalue weighted by atomic mass is 16.1. The van der Waals surface area contributed by atoms with Gasteiger partial charge in [-0.2, -0.15) is 0 Å². The summed E-state index contributed by atoms with van der Waals surface area (Å²) in [5, 5.41) is 0. The summed E-state index contributed by atoms with van der Waals surface area (Å²) in [5.41, 5.74) is 3.27. The minimum absolute atomic E-state index is 0.0206. The number of aromatic nitrogens is 1. The Morgan fingerprint density at radius 1 is 1.00 bits per heavy atom. The van der Waals surface area contributed by atoms with Crippen LogP contribution in [0.4, 0.5) is 0 Å². The van der Waals surface area contributed by atoms with Crippen molar-refractivity contribution in [3.63, 3.8) is 0 Å². The van der Waals surface area contributed by atoms with Crippen molar-refractivity contribution >= 4 is 5.78 Å². The average molecular weight is 253 g/mol. The van der Waals surface area contributed by atoms with E-state index in [-0.39, 0.29) is 11.2 Å². The molecule has 0 unspecified atom stereocenters. The van der Waals surface area contributed by atoms with Crippen LogP contribution in [0.1, 0.15) is 34.5 Å². The van der Waals surface area contributed by atoms with E-state index in [4.69, 9.17) is 0 Å². The van der Waals surface area contributed by atoms with Crippen LogP contribution in [-0.2, 0) is 6.42 Å². The molecule has 1 aromatic carbocycles. The van der Waals surface area contributed by atoms with Gasteiger partial charge in [0.05, 0.1) is 5.56 Å². The Hall–Kier alpha value is -2.16. The molecule has 0 saturated carbocycles. The molecule has 1 aliphatic rings. The largest absolute Gasteiger partial charge is 0.320 e. The van der Waals surface area contributed by atoms with Gasteiger partial charge in [-0.25, -0.2) is 0 Å². The molecule has 1 aliphatic carbocycles. The zero-order valence-corrected chi connectivity index (χ0v) is 10.8. The van der Waals surface area contributed by atoms with E-state index in [1.54, 1.807) is 6.20 Å². The minimum Gasteiger partial charge on any atom is -0.320 e. The van der Waals surface area contributed by atoms with Crippen LogP contribution in [0, 0.1) is 6.92 Å². The standard InChI is InChI=1S/C16H15NO2/c1-11-5-7-12(8-6-11)17-10-9-15(19)16-13(17)3-2-4-14(16)18/h5-10H,2-4H2,1H3. The Labute approximate surface area is 111 Å². The molecular formula is C16H15NO2. The Balaban J connectivity index is 2.23. The Kier molecular flexibility index (Phi) is 2.82. The number of carbonyl (C=O) groups is 1. The third kappa shape index (κ3) is 2.01. The van der Waals surface area contributed by atoms with Crippen molar-refractivity contribution < 1.29 is 4.79 Å². The fraction of sp³-hybridized carbons (Fsp3) is 0.250. The SMILES string of the molecule is Cc1ccc(-n2ccc(=O)c3c2CCCC3=O)cc1. The van der Waals surface area contributed by atoms with Crippen LogP contribution in [0.5, 0.6) is 0 Å². The number of aryl methyl sites for hydroxylation is 1. The molecule has 19 heavy (non-hydrogen) atoms. The molecule has 0 bridgehead atoms. The highest BCUT2D eigenvalue weighted by Gasteiger charge is 2.22. The van der Waals surface area contributed by atoms with Crippen LogP contribution in [0.2, 0.25) is 0 Å². The summed E-state index contributed by atoms with van der Waals surface area (Å²) in [4.78, 5) is 23.8. The van der Waals surface area contributed by atoms with Gasteiger partial charge in [0, 0.05) is 30.1 Å². The number of Topliss-reactive ketones (excluding diaryl/α,β-unsaturated/α-hetero) is 1. The van der Waals surface area contributed by atoms with Crippen molar-refractivity contribution in [1.29, 1.82) is 0 Å². The predicted molar refractivity (Wildman–Crippen MR) is 74.0 cm³/mol. The maximum atomic E-state index is 11.9. The number of hydrogen-bond donors (Lipinski definition) is 0. The third-order valence-electron chi connectivity index (χ3n) is 3.61. The van der Waals surface area contributed by atoms with Gasteiger partial charge in [-0.15, -0.1) is 0 Å². The molecule has 3 heteroatoms. The quantitative estimate of drug-likeness (QED) is 0.783. The van der Waals surface area contributed by atoms with E-state index in [1.165, 1.54) is 11.6 Å². The van der Waals surface area contributed by atoms with E-state index >= 15 is 0 Å². The molecule has 0 saturated heterocycles. The predicted octanol–water partition coefficient (Wildman–Crippen LogP) is 2.66. The summed E-state index contributed by atoms with van der Waals surface area (Å²) >= 11 is 0. The first-order valence-electron chi connectivity index (χ1n) is 6.51. The van der Waals surface area contributed by atoms with E-state index < -0.39 is 0 Å². The van der Waals surface area contributed by atoms with Gasteiger partial charge in [-0.05, 0) is 31.9 Å². The van der Waals surface area contributed by atoms with E-state index in [1.807, 2.05) is 35.8 Å². The molecule has 0 N–H and O–H groups in total. The fourth-order valence-electron chi connectivity index (χ4n) is 2.61. The highest BCUT2D eigenvalue weighted by molar-refractivity contribution is 5.98. The van der Waals surface area contributed by atoms with Crippen molar-refractivity contribution in [2.24, 2.45) is 0 Å². The topological polar surface area (TPSA) is 39.1 Å². The number of fused-ring (bicyclic) bond motifs is 1. The zero-order valence-electron chi connectivity index (χ0n) is 10.8. The zero-order chi connectivity index (χ0) is 13.4. The first-order chi connectivity index (χ1) is 9.16. The molecule has 0 spiro atoms. The van der Waals surface area contributed by atoms with Crippen molar-refractivity contribution in [3.8, 4) is 5.69 Å². The van der Waals surface area contributed by atoms with Gasteiger partial charge in [-0.3, -0.25) is 9.59 Å². The van der Waals surface area contributed by atoms with E-state index in [0.29, 0.717) is 12.0 Å². The summed E-state index contributed by atoms with van der Waals surface area (Å²) in [5.74, 6) is -0.0206. The number of pyridine rings is 1. The van der Waals surface area contributed by atoms with Crippen LogP contribution in [-0.4, -0.2) is 10.4 Å². The van der Waals surface area contributed by atoms with Gasteiger partial charge in [0.15, 0.2) is 11.2 Å². The molecule has 3 nitrogen and oxygen atoms in total. The number of hydrogen-bond acceptors (Lipinski definition) is 2. The average Bonchev–Trinajstić information content (AvgIpc) is 2.41. The molecule has 3 rings (SSSR count). The molecule has 0 aliphatic heterocycles. The number of nitrogens with zero attached hydrogens (tertiary/aromatic N) is 1. The van der Waals surface area contributed by atoms with Gasteiger partial charge in [0.2, 0.25) is 0 Å². The van der Waals surface area contributed by atoms with Crippen LogP contribution < -0.4 is 5.43 Å². The number of benzene rings is 1. The summed E-state index contributed by atoms with van der Waals surface area (Å²) in [7, 11) is 0. The second-order valence-corrected chi connectivity index (χ2v) is 4.98. The molecule has 1 aromatic heterocycles. The first-order valence-corrected chi connectivity index (χ1v) is 6.51.